The van der Waals surface area contributed by atoms with Crippen molar-refractivity contribution in [3.05, 3.63) is 24.3 Å². The predicted octanol–water partition coefficient (Wildman–Crippen LogP) is 3.63. The van der Waals surface area contributed by atoms with E-state index in [2.05, 4.69) is 0 Å². The van der Waals surface area contributed by atoms with Gasteiger partial charge in [0, 0.05) is 5.69 Å². The van der Waals surface area contributed by atoms with Crippen molar-refractivity contribution in [3.8, 4) is 5.75 Å². The fraction of sp³-hybridized carbons (Fsp3) is 0.533. The van der Waals surface area contributed by atoms with Crippen molar-refractivity contribution < 1.29 is 18.3 Å². The molecule has 0 aromatic heterocycles. The number of nitrogens with zero attached hydrogens (tertiary/aromatic N) is 1. The molecule has 0 spiro atoms. The Morgan fingerprint density at radius 1 is 1.25 bits per heavy atom. The molecular weight excluding hydrogens is 264 g/mol. The quantitative estimate of drug-likeness (QED) is 0.589. The maximum absolute atomic E-state index is 13.7. The van der Waals surface area contributed by atoms with Gasteiger partial charge in [0.1, 0.15) is 11.8 Å². The number of anilines is 1. The minimum absolute atomic E-state index is 0.332. The summed E-state index contributed by atoms with van der Waals surface area (Å²) in [6, 6.07) is 5.59. The van der Waals surface area contributed by atoms with Gasteiger partial charge in [0.2, 0.25) is 0 Å². The minimum atomic E-state index is -3.23. The summed E-state index contributed by atoms with van der Waals surface area (Å²) in [7, 11) is 1.53. The fourth-order valence-electron chi connectivity index (χ4n) is 2.48. The molecule has 1 saturated heterocycles. The summed E-state index contributed by atoms with van der Waals surface area (Å²) in [5, 5.41) is 0. The van der Waals surface area contributed by atoms with E-state index < -0.39 is 17.9 Å². The number of halogens is 2. The van der Waals surface area contributed by atoms with Crippen LogP contribution in [0.4, 0.5) is 14.5 Å². The number of hydrogen-bond donors (Lipinski definition) is 0. The maximum Gasteiger partial charge on any atom is 0.345 e. The van der Waals surface area contributed by atoms with Crippen LogP contribution in [0.3, 0.4) is 0 Å². The zero-order chi connectivity index (χ0) is 14.8. The largest absolute Gasteiger partial charge is 0.497 e. The van der Waals surface area contributed by atoms with E-state index in [4.69, 9.17) is 4.74 Å². The second kappa shape index (κ2) is 5.77. The Morgan fingerprint density at radius 2 is 1.90 bits per heavy atom. The smallest absolute Gasteiger partial charge is 0.345 e. The molecule has 1 unspecified atom stereocenters. The van der Waals surface area contributed by atoms with Gasteiger partial charge in [-0.05, 0) is 30.7 Å². The van der Waals surface area contributed by atoms with Crippen molar-refractivity contribution in [1.29, 1.82) is 0 Å². The number of carbonyl (C=O) groups excluding carboxylic acids is 1. The molecule has 1 amide bonds. The zero-order valence-corrected chi connectivity index (χ0v) is 11.7. The minimum Gasteiger partial charge on any atom is -0.497 e. The number of carbonyl (C=O) groups is 1. The first-order chi connectivity index (χ1) is 9.52. The number of ether oxygens (including phenoxy) is 1. The lowest BCUT2D eigenvalue weighted by atomic mass is 9.90. The van der Waals surface area contributed by atoms with Gasteiger partial charge in [0.15, 0.2) is 0 Å². The molecule has 0 aliphatic carbocycles. The van der Waals surface area contributed by atoms with Crippen LogP contribution in [0.25, 0.3) is 0 Å². The van der Waals surface area contributed by atoms with Gasteiger partial charge in [-0.3, -0.25) is 9.69 Å². The van der Waals surface area contributed by atoms with Crippen LogP contribution in [-0.4, -0.2) is 25.0 Å². The molecule has 1 fully saturated rings. The van der Waals surface area contributed by atoms with Crippen LogP contribution in [0.2, 0.25) is 0 Å². The van der Waals surface area contributed by atoms with Gasteiger partial charge >= 0.3 is 5.92 Å². The van der Waals surface area contributed by atoms with Crippen LogP contribution in [0.5, 0.6) is 5.75 Å². The molecule has 0 N–H and O–H groups in total. The normalized spacial score (nSPS) is 20.7. The van der Waals surface area contributed by atoms with E-state index in [9.17, 15) is 13.6 Å². The van der Waals surface area contributed by atoms with E-state index >= 15 is 0 Å². The topological polar surface area (TPSA) is 29.5 Å². The highest BCUT2D eigenvalue weighted by atomic mass is 19.3. The summed E-state index contributed by atoms with van der Waals surface area (Å²) < 4.78 is 32.4. The van der Waals surface area contributed by atoms with Crippen molar-refractivity contribution in [1.82, 2.24) is 0 Å². The van der Waals surface area contributed by atoms with Gasteiger partial charge in [-0.15, -0.1) is 0 Å². The lowest BCUT2D eigenvalue weighted by Gasteiger charge is -2.46. The van der Waals surface area contributed by atoms with Crippen LogP contribution >= 0.6 is 0 Å². The van der Waals surface area contributed by atoms with E-state index in [1.807, 2.05) is 6.92 Å². The van der Waals surface area contributed by atoms with Crippen molar-refractivity contribution in [2.45, 2.75) is 44.6 Å². The number of rotatable bonds is 6. The molecule has 1 atom stereocenters. The van der Waals surface area contributed by atoms with Gasteiger partial charge in [-0.2, -0.15) is 8.78 Å². The zero-order valence-electron chi connectivity index (χ0n) is 11.7. The lowest BCUT2D eigenvalue weighted by molar-refractivity contribution is -0.162. The van der Waals surface area contributed by atoms with Crippen molar-refractivity contribution in [2.75, 3.05) is 12.0 Å². The summed E-state index contributed by atoms with van der Waals surface area (Å²) in [6.45, 7) is 2.02. The molecule has 1 aliphatic heterocycles. The predicted molar refractivity (Wildman–Crippen MR) is 73.4 cm³/mol. The maximum atomic E-state index is 13.7. The molecule has 2 rings (SSSR count). The number of amides is 1. The molecule has 1 aromatic rings. The Balaban J connectivity index is 2.13. The van der Waals surface area contributed by atoms with Gasteiger partial charge < -0.3 is 4.74 Å². The monoisotopic (exact) mass is 283 g/mol. The van der Waals surface area contributed by atoms with Crippen LogP contribution in [0, 0.1) is 0 Å². The average molecular weight is 283 g/mol. The van der Waals surface area contributed by atoms with Crippen molar-refractivity contribution in [2.24, 2.45) is 0 Å². The first kappa shape index (κ1) is 14.8. The molecule has 3 nitrogen and oxygen atoms in total. The molecule has 0 saturated carbocycles. The third-order valence-corrected chi connectivity index (χ3v) is 3.67. The standard InChI is InChI=1S/C15H19F2NO2/c1-3-4-5-6-13-15(16,17)14(19)18(13)11-7-9-12(20-2)10-8-11/h7-10,13H,3-6H2,1-2H3. The summed E-state index contributed by atoms with van der Waals surface area (Å²) in [5.41, 5.74) is 0.503. The van der Waals surface area contributed by atoms with Gasteiger partial charge in [0.05, 0.1) is 7.11 Å². The van der Waals surface area contributed by atoms with Gasteiger partial charge in [-0.1, -0.05) is 26.2 Å². The number of methoxy groups -OCH3 is 1. The summed E-state index contributed by atoms with van der Waals surface area (Å²) in [4.78, 5) is 12.8. The Morgan fingerprint density at radius 3 is 2.45 bits per heavy atom. The summed E-state index contributed by atoms with van der Waals surface area (Å²) >= 11 is 0. The SMILES string of the molecule is CCCCCC1N(c2ccc(OC)cc2)C(=O)C1(F)F. The molecular formula is C15H19F2NO2. The summed E-state index contributed by atoms with van der Waals surface area (Å²) in [6.07, 6.45) is 2.90. The van der Waals surface area contributed by atoms with Crippen LogP contribution < -0.4 is 9.64 Å². The Labute approximate surface area is 117 Å². The molecule has 1 aromatic carbocycles. The van der Waals surface area contributed by atoms with E-state index in [1.165, 1.54) is 12.0 Å². The van der Waals surface area contributed by atoms with Crippen LogP contribution in [0.15, 0.2) is 24.3 Å². The Kier molecular flexibility index (Phi) is 4.26. The second-order valence-electron chi connectivity index (χ2n) is 5.01. The Bertz CT molecular complexity index is 473. The highest BCUT2D eigenvalue weighted by Gasteiger charge is 2.63. The number of benzene rings is 1. The van der Waals surface area contributed by atoms with Gasteiger partial charge in [0.25, 0.3) is 5.91 Å². The number of unbranched alkanes of at least 4 members (excludes halogenated alkanes) is 2. The molecule has 0 bridgehead atoms. The number of hydrogen-bond acceptors (Lipinski definition) is 2. The molecule has 1 aliphatic rings. The number of β-lactam (4-membered cyclic amide) rings is 1. The first-order valence-electron chi connectivity index (χ1n) is 6.88. The second-order valence-corrected chi connectivity index (χ2v) is 5.01. The van der Waals surface area contributed by atoms with E-state index in [1.54, 1.807) is 24.3 Å². The third-order valence-electron chi connectivity index (χ3n) is 3.67. The molecule has 5 heteroatoms. The average Bonchev–Trinajstić information content (AvgIpc) is 2.46. The molecule has 0 radical (unpaired) electrons. The molecule has 1 heterocycles. The van der Waals surface area contributed by atoms with E-state index in [0.29, 0.717) is 24.3 Å². The first-order valence-corrected chi connectivity index (χ1v) is 6.88. The summed E-state index contributed by atoms with van der Waals surface area (Å²) in [5.74, 6) is -3.70. The van der Waals surface area contributed by atoms with Crippen LogP contribution in [-0.2, 0) is 4.79 Å². The molecule has 110 valence electrons. The number of alkyl halides is 2. The molecule has 20 heavy (non-hydrogen) atoms. The fourth-order valence-corrected chi connectivity index (χ4v) is 2.48. The lowest BCUT2D eigenvalue weighted by Crippen LogP contribution is -2.70. The highest BCUT2D eigenvalue weighted by molar-refractivity contribution is 6.06. The van der Waals surface area contributed by atoms with E-state index in [-0.39, 0.29) is 0 Å². The third kappa shape index (κ3) is 2.49. The van der Waals surface area contributed by atoms with Crippen LogP contribution in [0.1, 0.15) is 32.6 Å². The highest BCUT2D eigenvalue weighted by Crippen LogP contribution is 2.42. The van der Waals surface area contributed by atoms with Crippen molar-refractivity contribution >= 4 is 11.6 Å². The van der Waals surface area contributed by atoms with Crippen molar-refractivity contribution in [3.63, 3.8) is 0 Å². The Hall–Kier alpha value is -1.65. The van der Waals surface area contributed by atoms with Gasteiger partial charge in [-0.25, -0.2) is 0 Å². The van der Waals surface area contributed by atoms with E-state index in [0.717, 1.165) is 12.8 Å².